The van der Waals surface area contributed by atoms with Crippen molar-refractivity contribution in [3.8, 4) is 0 Å². The highest BCUT2D eigenvalue weighted by atomic mass is 16.6. The second-order valence-corrected chi connectivity index (χ2v) is 6.39. The number of hydrogen-bond acceptors (Lipinski definition) is 4. The molecule has 0 aromatic rings. The van der Waals surface area contributed by atoms with E-state index in [0.29, 0.717) is 12.8 Å². The highest BCUT2D eigenvalue weighted by Gasteiger charge is 2.53. The number of carboxylic acids is 1. The molecule has 1 heterocycles. The Morgan fingerprint density at radius 3 is 2.37 bits per heavy atom. The summed E-state index contributed by atoms with van der Waals surface area (Å²) in [6.07, 6.45) is 0.129. The molecule has 2 aliphatic rings. The summed E-state index contributed by atoms with van der Waals surface area (Å²) in [6.45, 7) is 5.49. The first-order chi connectivity index (χ1) is 8.70. The number of aliphatic carboxylic acids is 1. The van der Waals surface area contributed by atoms with E-state index in [-0.39, 0.29) is 18.4 Å². The van der Waals surface area contributed by atoms with Crippen molar-refractivity contribution in [3.63, 3.8) is 0 Å². The Hall–Kier alpha value is -1.30. The van der Waals surface area contributed by atoms with E-state index in [4.69, 9.17) is 4.74 Å². The van der Waals surface area contributed by atoms with Gasteiger partial charge < -0.3 is 14.9 Å². The molecule has 1 saturated heterocycles. The van der Waals surface area contributed by atoms with Crippen molar-refractivity contribution in [2.24, 2.45) is 11.8 Å². The molecule has 1 aliphatic carbocycles. The average molecular weight is 271 g/mol. The number of rotatable bonds is 1. The number of likely N-dealkylation sites (tertiary alicyclic amines) is 1. The van der Waals surface area contributed by atoms with E-state index in [2.05, 4.69) is 0 Å². The lowest BCUT2D eigenvalue weighted by atomic mass is 9.93. The predicted molar refractivity (Wildman–Crippen MR) is 66.6 cm³/mol. The Bertz CT molecular complexity index is 389. The van der Waals surface area contributed by atoms with Gasteiger partial charge in [-0.05, 0) is 39.5 Å². The van der Waals surface area contributed by atoms with E-state index in [9.17, 15) is 19.8 Å². The molecule has 1 saturated carbocycles. The van der Waals surface area contributed by atoms with Crippen LogP contribution in [-0.2, 0) is 9.53 Å². The first-order valence-corrected chi connectivity index (χ1v) is 6.61. The average Bonchev–Trinajstić information content (AvgIpc) is 2.76. The van der Waals surface area contributed by atoms with Crippen LogP contribution >= 0.6 is 0 Å². The maximum atomic E-state index is 12.1. The molecule has 2 fully saturated rings. The smallest absolute Gasteiger partial charge is 0.411 e. The number of fused-ring (bicyclic) bond motifs is 1. The van der Waals surface area contributed by atoms with Crippen molar-refractivity contribution in [1.82, 2.24) is 4.90 Å². The second kappa shape index (κ2) is 4.67. The van der Waals surface area contributed by atoms with Gasteiger partial charge in [-0.15, -0.1) is 0 Å². The molecule has 2 N–H and O–H groups in total. The lowest BCUT2D eigenvalue weighted by molar-refractivity contribution is -0.143. The lowest BCUT2D eigenvalue weighted by Crippen LogP contribution is -2.45. The van der Waals surface area contributed by atoms with Gasteiger partial charge in [0.2, 0.25) is 0 Å². The molecule has 1 amide bonds. The Balaban J connectivity index is 2.16. The fraction of sp³-hybridized carbons (Fsp3) is 0.846. The van der Waals surface area contributed by atoms with E-state index >= 15 is 0 Å². The molecule has 0 bridgehead atoms. The van der Waals surface area contributed by atoms with Crippen molar-refractivity contribution in [2.45, 2.75) is 51.4 Å². The van der Waals surface area contributed by atoms with Gasteiger partial charge in [0.25, 0.3) is 0 Å². The fourth-order valence-electron chi connectivity index (χ4n) is 3.12. The molecular formula is C13H21NO5. The summed E-state index contributed by atoms with van der Waals surface area (Å²) >= 11 is 0. The molecule has 0 radical (unpaired) electrons. The van der Waals surface area contributed by atoms with Gasteiger partial charge in [-0.2, -0.15) is 0 Å². The first-order valence-electron chi connectivity index (χ1n) is 6.61. The van der Waals surface area contributed by atoms with Gasteiger partial charge in [-0.25, -0.2) is 9.59 Å². The predicted octanol–water partition coefficient (Wildman–Crippen LogP) is 1.08. The molecule has 1 aliphatic heterocycles. The summed E-state index contributed by atoms with van der Waals surface area (Å²) in [5.74, 6) is -1.33. The zero-order valence-electron chi connectivity index (χ0n) is 11.5. The van der Waals surface area contributed by atoms with Crippen LogP contribution in [0, 0.1) is 11.8 Å². The quantitative estimate of drug-likeness (QED) is 0.745. The maximum absolute atomic E-state index is 12.1. The molecule has 4 atom stereocenters. The van der Waals surface area contributed by atoms with E-state index in [1.807, 2.05) is 0 Å². The minimum Gasteiger partial charge on any atom is -0.480 e. The Morgan fingerprint density at radius 2 is 1.84 bits per heavy atom. The van der Waals surface area contributed by atoms with Crippen LogP contribution < -0.4 is 0 Å². The third-order valence-corrected chi connectivity index (χ3v) is 3.87. The summed E-state index contributed by atoms with van der Waals surface area (Å²) in [5.41, 5.74) is -0.656. The van der Waals surface area contributed by atoms with Crippen LogP contribution in [0.15, 0.2) is 0 Å². The molecule has 2 rings (SSSR count). The van der Waals surface area contributed by atoms with Crippen LogP contribution in [0.4, 0.5) is 4.79 Å². The van der Waals surface area contributed by atoms with Gasteiger partial charge in [-0.3, -0.25) is 4.90 Å². The monoisotopic (exact) mass is 271 g/mol. The van der Waals surface area contributed by atoms with Crippen molar-refractivity contribution in [1.29, 1.82) is 0 Å². The van der Waals surface area contributed by atoms with Crippen LogP contribution in [0.5, 0.6) is 0 Å². The standard InChI is InChI=1S/C13H21NO5/c1-13(2,3)19-12(18)14-6-8-7(4-5-9(8)15)10(14)11(16)17/h7-10,15H,4-6H2,1-3H3,(H,16,17). The van der Waals surface area contributed by atoms with E-state index in [1.165, 1.54) is 4.90 Å². The molecule has 0 spiro atoms. The SMILES string of the molecule is CC(C)(C)OC(=O)N1CC2C(O)CCC2C1C(=O)O. The number of amides is 1. The lowest BCUT2D eigenvalue weighted by Gasteiger charge is -2.28. The van der Waals surface area contributed by atoms with Gasteiger partial charge in [0, 0.05) is 12.5 Å². The number of carbonyl (C=O) groups excluding carboxylic acids is 1. The molecule has 4 unspecified atom stereocenters. The summed E-state index contributed by atoms with van der Waals surface area (Å²) < 4.78 is 5.24. The Kier molecular flexibility index (Phi) is 3.47. The molecule has 19 heavy (non-hydrogen) atoms. The van der Waals surface area contributed by atoms with Crippen molar-refractivity contribution in [3.05, 3.63) is 0 Å². The minimum atomic E-state index is -1.02. The number of aliphatic hydroxyl groups excluding tert-OH is 1. The maximum Gasteiger partial charge on any atom is 0.411 e. The molecular weight excluding hydrogens is 250 g/mol. The second-order valence-electron chi connectivity index (χ2n) is 6.39. The summed E-state index contributed by atoms with van der Waals surface area (Å²) in [5, 5.41) is 19.2. The zero-order valence-corrected chi connectivity index (χ0v) is 11.5. The molecule has 6 heteroatoms. The summed E-state index contributed by atoms with van der Waals surface area (Å²) in [6, 6.07) is -0.878. The van der Waals surface area contributed by atoms with E-state index in [1.54, 1.807) is 20.8 Å². The van der Waals surface area contributed by atoms with Crippen LogP contribution in [0.3, 0.4) is 0 Å². The summed E-state index contributed by atoms with van der Waals surface area (Å²) in [7, 11) is 0. The van der Waals surface area contributed by atoms with E-state index in [0.717, 1.165) is 0 Å². The number of aliphatic hydroxyl groups is 1. The van der Waals surface area contributed by atoms with Crippen molar-refractivity contribution in [2.75, 3.05) is 6.54 Å². The molecule has 0 aromatic heterocycles. The third kappa shape index (κ3) is 2.68. The van der Waals surface area contributed by atoms with Crippen LogP contribution in [-0.4, -0.2) is 51.5 Å². The topological polar surface area (TPSA) is 87.1 Å². The van der Waals surface area contributed by atoms with E-state index < -0.39 is 29.8 Å². The number of nitrogens with zero attached hydrogens (tertiary/aromatic N) is 1. The number of carbonyl (C=O) groups is 2. The molecule has 6 nitrogen and oxygen atoms in total. The number of carboxylic acid groups (broad SMARTS) is 1. The third-order valence-electron chi connectivity index (χ3n) is 3.87. The number of ether oxygens (including phenoxy) is 1. The number of hydrogen-bond donors (Lipinski definition) is 2. The highest BCUT2D eigenvalue weighted by molar-refractivity contribution is 5.81. The van der Waals surface area contributed by atoms with Gasteiger partial charge in [-0.1, -0.05) is 0 Å². The first kappa shape index (κ1) is 14.1. The normalized spacial score (nSPS) is 34.2. The summed E-state index contributed by atoms with van der Waals surface area (Å²) in [4.78, 5) is 24.7. The van der Waals surface area contributed by atoms with Crippen molar-refractivity contribution >= 4 is 12.1 Å². The Labute approximate surface area is 112 Å². The fourth-order valence-corrected chi connectivity index (χ4v) is 3.12. The molecule has 108 valence electrons. The van der Waals surface area contributed by atoms with Gasteiger partial charge in [0.05, 0.1) is 6.10 Å². The largest absolute Gasteiger partial charge is 0.480 e. The Morgan fingerprint density at radius 1 is 1.21 bits per heavy atom. The van der Waals surface area contributed by atoms with Gasteiger partial charge in [0.15, 0.2) is 0 Å². The van der Waals surface area contributed by atoms with Crippen LogP contribution in [0.1, 0.15) is 33.6 Å². The van der Waals surface area contributed by atoms with Crippen LogP contribution in [0.2, 0.25) is 0 Å². The minimum absolute atomic E-state index is 0.145. The van der Waals surface area contributed by atoms with Crippen LogP contribution in [0.25, 0.3) is 0 Å². The zero-order chi connectivity index (χ0) is 14.4. The molecule has 0 aromatic carbocycles. The van der Waals surface area contributed by atoms with Gasteiger partial charge in [0.1, 0.15) is 11.6 Å². The van der Waals surface area contributed by atoms with Gasteiger partial charge >= 0.3 is 12.1 Å². The highest BCUT2D eigenvalue weighted by Crippen LogP contribution is 2.42. The van der Waals surface area contributed by atoms with Crippen molar-refractivity contribution < 1.29 is 24.5 Å².